The van der Waals surface area contributed by atoms with Gasteiger partial charge in [0.25, 0.3) is 0 Å². The van der Waals surface area contributed by atoms with Crippen LogP contribution in [0.4, 0.5) is 0 Å². The van der Waals surface area contributed by atoms with E-state index in [0.29, 0.717) is 26.2 Å². The van der Waals surface area contributed by atoms with Crippen LogP contribution in [0.3, 0.4) is 0 Å². The number of methoxy groups -OCH3 is 1. The van der Waals surface area contributed by atoms with Crippen molar-refractivity contribution in [2.45, 2.75) is 26.3 Å². The van der Waals surface area contributed by atoms with Crippen molar-refractivity contribution in [1.82, 2.24) is 9.80 Å². The molecule has 1 fully saturated rings. The summed E-state index contributed by atoms with van der Waals surface area (Å²) in [7, 11) is 1.59. The van der Waals surface area contributed by atoms with Crippen molar-refractivity contribution >= 4 is 11.8 Å². The molecular weight excluding hydrogens is 248 g/mol. The summed E-state index contributed by atoms with van der Waals surface area (Å²) < 4.78 is 4.95. The largest absolute Gasteiger partial charge is 0.395 e. The van der Waals surface area contributed by atoms with E-state index < -0.39 is 0 Å². The first kappa shape index (κ1) is 15.9. The van der Waals surface area contributed by atoms with Crippen LogP contribution in [0.5, 0.6) is 0 Å². The van der Waals surface area contributed by atoms with Crippen molar-refractivity contribution < 1.29 is 19.4 Å². The zero-order valence-electron chi connectivity index (χ0n) is 12.0. The molecular formula is C13H24N2O4. The van der Waals surface area contributed by atoms with Crippen LogP contribution in [-0.4, -0.2) is 72.7 Å². The first-order valence-electron chi connectivity index (χ1n) is 6.69. The Kier molecular flexibility index (Phi) is 6.24. The molecule has 110 valence electrons. The Labute approximate surface area is 114 Å². The maximum atomic E-state index is 12.3. The molecule has 19 heavy (non-hydrogen) atoms. The lowest BCUT2D eigenvalue weighted by Crippen LogP contribution is -2.43. The molecule has 1 saturated heterocycles. The van der Waals surface area contributed by atoms with E-state index in [2.05, 4.69) is 0 Å². The molecule has 6 nitrogen and oxygen atoms in total. The van der Waals surface area contributed by atoms with Gasteiger partial charge in [0.2, 0.25) is 11.8 Å². The molecule has 0 aromatic heterocycles. The smallest absolute Gasteiger partial charge is 0.228 e. The average Bonchev–Trinajstić information content (AvgIpc) is 2.73. The predicted molar refractivity (Wildman–Crippen MR) is 70.5 cm³/mol. The molecule has 2 amide bonds. The molecule has 1 N–H and O–H groups in total. The van der Waals surface area contributed by atoms with Crippen LogP contribution in [0.25, 0.3) is 0 Å². The molecule has 1 aliphatic heterocycles. The molecule has 1 heterocycles. The SMILES string of the molecule is COCCN1CC(C(=O)N(CCO)C(C)C)CC1=O. The van der Waals surface area contributed by atoms with Gasteiger partial charge in [0.1, 0.15) is 0 Å². The van der Waals surface area contributed by atoms with Crippen LogP contribution < -0.4 is 0 Å². The number of aliphatic hydroxyl groups is 1. The molecule has 0 radical (unpaired) electrons. The summed E-state index contributed by atoms with van der Waals surface area (Å²) in [5.41, 5.74) is 0. The maximum Gasteiger partial charge on any atom is 0.228 e. The minimum absolute atomic E-state index is 0.00287. The Balaban J connectivity index is 2.60. The molecule has 0 saturated carbocycles. The van der Waals surface area contributed by atoms with Crippen LogP contribution in [0.2, 0.25) is 0 Å². The quantitative estimate of drug-likeness (QED) is 0.691. The Hall–Kier alpha value is -1.14. The summed E-state index contributed by atoms with van der Waals surface area (Å²) in [5.74, 6) is -0.335. The third-order valence-electron chi connectivity index (χ3n) is 3.38. The lowest BCUT2D eigenvalue weighted by molar-refractivity contribution is -0.138. The number of carbonyl (C=O) groups excluding carboxylic acids is 2. The summed E-state index contributed by atoms with van der Waals surface area (Å²) >= 11 is 0. The lowest BCUT2D eigenvalue weighted by Gasteiger charge is -2.28. The highest BCUT2D eigenvalue weighted by atomic mass is 16.5. The average molecular weight is 272 g/mol. The van der Waals surface area contributed by atoms with Gasteiger partial charge in [-0.05, 0) is 13.8 Å². The van der Waals surface area contributed by atoms with Crippen LogP contribution in [0.15, 0.2) is 0 Å². The molecule has 0 spiro atoms. The van der Waals surface area contributed by atoms with Gasteiger partial charge in [0.05, 0.1) is 19.1 Å². The van der Waals surface area contributed by atoms with E-state index in [0.717, 1.165) is 0 Å². The first-order valence-corrected chi connectivity index (χ1v) is 6.69. The number of nitrogens with zero attached hydrogens (tertiary/aromatic N) is 2. The van der Waals surface area contributed by atoms with E-state index >= 15 is 0 Å². The Morgan fingerprint density at radius 1 is 1.58 bits per heavy atom. The van der Waals surface area contributed by atoms with Gasteiger partial charge >= 0.3 is 0 Å². The zero-order valence-corrected chi connectivity index (χ0v) is 12.0. The second-order valence-corrected chi connectivity index (χ2v) is 5.08. The molecule has 0 aromatic rings. The van der Waals surface area contributed by atoms with Crippen LogP contribution in [-0.2, 0) is 14.3 Å². The van der Waals surface area contributed by atoms with Crippen LogP contribution in [0.1, 0.15) is 20.3 Å². The second kappa shape index (κ2) is 7.45. The first-order chi connectivity index (χ1) is 9.01. The number of hydrogen-bond donors (Lipinski definition) is 1. The van der Waals surface area contributed by atoms with Crippen LogP contribution >= 0.6 is 0 Å². The van der Waals surface area contributed by atoms with Gasteiger partial charge in [-0.2, -0.15) is 0 Å². The monoisotopic (exact) mass is 272 g/mol. The highest BCUT2D eigenvalue weighted by Crippen LogP contribution is 2.20. The number of amides is 2. The fourth-order valence-electron chi connectivity index (χ4n) is 2.32. The summed E-state index contributed by atoms with van der Waals surface area (Å²) in [6.07, 6.45) is 0.261. The van der Waals surface area contributed by atoms with Crippen LogP contribution in [0, 0.1) is 5.92 Å². The topological polar surface area (TPSA) is 70.1 Å². The van der Waals surface area contributed by atoms with Crippen molar-refractivity contribution in [3.63, 3.8) is 0 Å². The van der Waals surface area contributed by atoms with E-state index in [1.54, 1.807) is 16.9 Å². The highest BCUT2D eigenvalue weighted by Gasteiger charge is 2.36. The van der Waals surface area contributed by atoms with Gasteiger partial charge in [0, 0.05) is 39.2 Å². The van der Waals surface area contributed by atoms with Crippen molar-refractivity contribution in [2.24, 2.45) is 5.92 Å². The summed E-state index contributed by atoms with van der Waals surface area (Å²) in [5, 5.41) is 9.01. The van der Waals surface area contributed by atoms with Gasteiger partial charge in [-0.1, -0.05) is 0 Å². The Morgan fingerprint density at radius 3 is 2.79 bits per heavy atom. The number of carbonyl (C=O) groups is 2. The molecule has 1 aliphatic rings. The lowest BCUT2D eigenvalue weighted by atomic mass is 10.1. The number of ether oxygens (including phenoxy) is 1. The Bertz CT molecular complexity index is 320. The minimum atomic E-state index is -0.293. The van der Waals surface area contributed by atoms with E-state index in [4.69, 9.17) is 9.84 Å². The molecule has 0 aliphatic carbocycles. The van der Waals surface area contributed by atoms with Gasteiger partial charge in [-0.15, -0.1) is 0 Å². The standard InChI is InChI=1S/C13H24N2O4/c1-10(2)15(4-6-16)13(18)11-8-12(17)14(9-11)5-7-19-3/h10-11,16H,4-9H2,1-3H3. The fraction of sp³-hybridized carbons (Fsp3) is 0.846. The van der Waals surface area contributed by atoms with E-state index in [-0.39, 0.29) is 36.8 Å². The number of likely N-dealkylation sites (tertiary alicyclic amines) is 1. The summed E-state index contributed by atoms with van der Waals surface area (Å²) in [6, 6.07) is 0.0303. The normalized spacial score (nSPS) is 19.3. The molecule has 1 atom stereocenters. The number of aliphatic hydroxyl groups excluding tert-OH is 1. The molecule has 1 rings (SSSR count). The summed E-state index contributed by atoms with van der Waals surface area (Å²) in [4.78, 5) is 27.4. The van der Waals surface area contributed by atoms with Crippen molar-refractivity contribution in [3.8, 4) is 0 Å². The molecule has 0 bridgehead atoms. The number of rotatable bonds is 7. The van der Waals surface area contributed by atoms with E-state index in [1.165, 1.54) is 0 Å². The van der Waals surface area contributed by atoms with Gasteiger partial charge in [-0.25, -0.2) is 0 Å². The molecule has 6 heteroatoms. The fourth-order valence-corrected chi connectivity index (χ4v) is 2.32. The highest BCUT2D eigenvalue weighted by molar-refractivity contribution is 5.89. The van der Waals surface area contributed by atoms with Crippen molar-refractivity contribution in [3.05, 3.63) is 0 Å². The van der Waals surface area contributed by atoms with Crippen molar-refractivity contribution in [1.29, 1.82) is 0 Å². The third kappa shape index (κ3) is 4.18. The zero-order chi connectivity index (χ0) is 14.4. The third-order valence-corrected chi connectivity index (χ3v) is 3.38. The number of hydrogen-bond acceptors (Lipinski definition) is 4. The summed E-state index contributed by atoms with van der Waals surface area (Å²) in [6.45, 7) is 5.55. The van der Waals surface area contributed by atoms with Gasteiger partial charge in [-0.3, -0.25) is 9.59 Å². The molecule has 1 unspecified atom stereocenters. The maximum absolute atomic E-state index is 12.3. The second-order valence-electron chi connectivity index (χ2n) is 5.08. The van der Waals surface area contributed by atoms with Gasteiger partial charge in [0.15, 0.2) is 0 Å². The molecule has 0 aromatic carbocycles. The Morgan fingerprint density at radius 2 is 2.26 bits per heavy atom. The van der Waals surface area contributed by atoms with Crippen molar-refractivity contribution in [2.75, 3.05) is 40.0 Å². The van der Waals surface area contributed by atoms with E-state index in [9.17, 15) is 9.59 Å². The minimum Gasteiger partial charge on any atom is -0.395 e. The van der Waals surface area contributed by atoms with Gasteiger partial charge < -0.3 is 19.6 Å². The van der Waals surface area contributed by atoms with E-state index in [1.807, 2.05) is 13.8 Å². The predicted octanol–water partition coefficient (Wildman–Crippen LogP) is -0.289.